The quantitative estimate of drug-likeness (QED) is 0.807. The van der Waals surface area contributed by atoms with Crippen LogP contribution in [0, 0.1) is 0 Å². The first-order valence-electron chi connectivity index (χ1n) is 7.78. The Morgan fingerprint density at radius 1 is 1.11 bits per heavy atom. The highest BCUT2D eigenvalue weighted by atomic mass is 19.4. The predicted octanol–water partition coefficient (Wildman–Crippen LogP) is 3.54. The minimum absolute atomic E-state index is 0.00327. The van der Waals surface area contributed by atoms with E-state index in [0.717, 1.165) is 17.1 Å². The van der Waals surface area contributed by atoms with Crippen molar-refractivity contribution in [3.63, 3.8) is 0 Å². The highest BCUT2D eigenvalue weighted by Crippen LogP contribution is 2.31. The Kier molecular flexibility index (Phi) is 3.88. The van der Waals surface area contributed by atoms with E-state index < -0.39 is 24.4 Å². The predicted molar refractivity (Wildman–Crippen MR) is 90.2 cm³/mol. The van der Waals surface area contributed by atoms with Gasteiger partial charge < -0.3 is 0 Å². The fourth-order valence-corrected chi connectivity index (χ4v) is 2.94. The van der Waals surface area contributed by atoms with Gasteiger partial charge in [-0.3, -0.25) is 14.5 Å². The van der Waals surface area contributed by atoms with Gasteiger partial charge in [-0.15, -0.1) is 13.2 Å². The van der Waals surface area contributed by atoms with Crippen molar-refractivity contribution in [3.8, 4) is 0 Å². The molecule has 1 aromatic carbocycles. The van der Waals surface area contributed by atoms with Crippen molar-refractivity contribution < 1.29 is 27.5 Å². The third-order valence-corrected chi connectivity index (χ3v) is 4.05. The zero-order chi connectivity index (χ0) is 19.2. The number of aromatic nitrogens is 1. The monoisotopic (exact) mass is 373 g/mol. The van der Waals surface area contributed by atoms with E-state index in [0.29, 0.717) is 10.8 Å². The first-order chi connectivity index (χ1) is 12.8. The Labute approximate surface area is 150 Å². The number of benzene rings is 1. The van der Waals surface area contributed by atoms with Crippen molar-refractivity contribution in [2.75, 3.05) is 4.90 Å². The van der Waals surface area contributed by atoms with E-state index >= 15 is 0 Å². The van der Waals surface area contributed by atoms with Gasteiger partial charge in [0.25, 0.3) is 5.91 Å². The summed E-state index contributed by atoms with van der Waals surface area (Å²) in [6, 6.07) is 6.13. The van der Waals surface area contributed by atoms with Crippen LogP contribution in [0.5, 0.6) is 0 Å². The summed E-state index contributed by atoms with van der Waals surface area (Å²) in [4.78, 5) is 34.0. The van der Waals surface area contributed by atoms with E-state index in [2.05, 4.69) is 14.7 Å². The Morgan fingerprint density at radius 3 is 2.67 bits per heavy atom. The number of urea groups is 1. The Balaban J connectivity index is 1.78. The van der Waals surface area contributed by atoms with Gasteiger partial charge in [-0.1, -0.05) is 24.3 Å². The number of imide groups is 1. The summed E-state index contributed by atoms with van der Waals surface area (Å²) in [6.45, 7) is 0. The molecule has 1 unspecified atom stereocenters. The number of anilines is 1. The number of amides is 3. The van der Waals surface area contributed by atoms with Crippen LogP contribution in [0.15, 0.2) is 65.5 Å². The summed E-state index contributed by atoms with van der Waals surface area (Å²) in [5.41, 5.74) is 0.0606. The number of allylic oxidation sites excluding steroid dienone is 1. The molecule has 1 aliphatic heterocycles. The number of pyridine rings is 1. The van der Waals surface area contributed by atoms with Crippen molar-refractivity contribution in [3.05, 3.63) is 60.5 Å². The van der Waals surface area contributed by atoms with Crippen molar-refractivity contribution in [1.82, 2.24) is 4.98 Å². The van der Waals surface area contributed by atoms with Crippen LogP contribution >= 0.6 is 0 Å². The van der Waals surface area contributed by atoms with E-state index in [1.54, 1.807) is 30.5 Å². The van der Waals surface area contributed by atoms with Gasteiger partial charge in [0.2, 0.25) is 0 Å². The molecule has 0 N–H and O–H groups in total. The largest absolute Gasteiger partial charge is 0.523 e. The van der Waals surface area contributed by atoms with Crippen LogP contribution in [-0.2, 0) is 9.53 Å². The molecule has 0 radical (unpaired) electrons. The number of rotatable bonds is 2. The highest BCUT2D eigenvalue weighted by molar-refractivity contribution is 6.41. The number of nitrogens with zero attached hydrogens (tertiary/aromatic N) is 3. The molecule has 3 amide bonds. The smallest absolute Gasteiger partial charge is 0.280 e. The van der Waals surface area contributed by atoms with Crippen LogP contribution in [0.3, 0.4) is 0 Å². The summed E-state index contributed by atoms with van der Waals surface area (Å²) >= 11 is 0. The minimum Gasteiger partial charge on any atom is -0.280 e. The molecule has 9 heteroatoms. The molecular weight excluding hydrogens is 363 g/mol. The van der Waals surface area contributed by atoms with Gasteiger partial charge in [0.15, 0.2) is 0 Å². The summed E-state index contributed by atoms with van der Waals surface area (Å²) < 4.78 is 41.3. The molecule has 1 atom stereocenters. The van der Waals surface area contributed by atoms with Crippen LogP contribution in [0.25, 0.3) is 10.8 Å². The Morgan fingerprint density at radius 2 is 1.89 bits per heavy atom. The number of aliphatic imine (C=N–C) groups is 1. The maximum atomic E-state index is 12.9. The molecule has 0 fully saturated rings. The Bertz CT molecular complexity index is 1050. The zero-order valence-electron chi connectivity index (χ0n) is 13.5. The maximum absolute atomic E-state index is 12.9. The summed E-state index contributed by atoms with van der Waals surface area (Å²) in [5.74, 6) is -0.789. The van der Waals surface area contributed by atoms with Crippen molar-refractivity contribution in [2.45, 2.75) is 12.5 Å². The number of fused-ring (bicyclic) bond motifs is 2. The molecule has 2 aliphatic rings. The fraction of sp³-hybridized carbons (Fsp3) is 0.111. The first-order valence-corrected chi connectivity index (χ1v) is 7.78. The molecule has 0 bridgehead atoms. The molecule has 4 rings (SSSR count). The first kappa shape index (κ1) is 17.1. The van der Waals surface area contributed by atoms with Crippen LogP contribution in [0.2, 0.25) is 0 Å². The molecule has 1 aliphatic carbocycles. The number of carbonyl (C=O) groups is 2. The van der Waals surface area contributed by atoms with Crippen LogP contribution in [0.4, 0.5) is 23.7 Å². The molecule has 0 spiro atoms. The van der Waals surface area contributed by atoms with E-state index in [-0.39, 0.29) is 17.0 Å². The van der Waals surface area contributed by atoms with E-state index in [9.17, 15) is 22.8 Å². The third kappa shape index (κ3) is 3.13. The number of hydrogen-bond donors (Lipinski definition) is 0. The summed E-state index contributed by atoms with van der Waals surface area (Å²) in [5, 5.41) is 1.28. The molecule has 2 heterocycles. The third-order valence-electron chi connectivity index (χ3n) is 4.05. The number of carbonyl (C=O) groups excluding carboxylic acids is 2. The lowest BCUT2D eigenvalue weighted by molar-refractivity contribution is -0.330. The molecule has 6 nitrogen and oxygen atoms in total. The van der Waals surface area contributed by atoms with Crippen LogP contribution < -0.4 is 4.90 Å². The van der Waals surface area contributed by atoms with Gasteiger partial charge in [-0.25, -0.2) is 9.69 Å². The van der Waals surface area contributed by atoms with Crippen molar-refractivity contribution in [2.24, 2.45) is 4.99 Å². The molecule has 1 aromatic heterocycles. The second-order valence-corrected chi connectivity index (χ2v) is 5.77. The number of alkyl halides is 3. The molecule has 2 aromatic rings. The lowest BCUT2D eigenvalue weighted by Crippen LogP contribution is -2.43. The number of hydrogen-bond acceptors (Lipinski definition) is 4. The van der Waals surface area contributed by atoms with Gasteiger partial charge >= 0.3 is 12.4 Å². The number of halogens is 3. The topological polar surface area (TPSA) is 71.9 Å². The average Bonchev–Trinajstić information content (AvgIpc) is 2.61. The average molecular weight is 373 g/mol. The summed E-state index contributed by atoms with van der Waals surface area (Å²) in [6.07, 6.45) is -0.209. The van der Waals surface area contributed by atoms with Crippen molar-refractivity contribution in [1.29, 1.82) is 0 Å². The minimum atomic E-state index is -4.87. The zero-order valence-corrected chi connectivity index (χ0v) is 13.5. The van der Waals surface area contributed by atoms with Gasteiger partial charge in [-0.05, 0) is 18.2 Å². The molecule has 27 heavy (non-hydrogen) atoms. The molecule has 0 saturated carbocycles. The normalized spacial score (nSPS) is 19.8. The highest BCUT2D eigenvalue weighted by Gasteiger charge is 2.38. The second-order valence-electron chi connectivity index (χ2n) is 5.77. The Hall–Kier alpha value is -3.33. The van der Waals surface area contributed by atoms with Gasteiger partial charge in [-0.2, -0.15) is 4.99 Å². The molecular formula is C18H10F3N3O3. The lowest BCUT2D eigenvalue weighted by Gasteiger charge is -2.27. The fourth-order valence-electron chi connectivity index (χ4n) is 2.94. The second kappa shape index (κ2) is 6.13. The SMILES string of the molecule is O=C1N=C2C=CC(OC(F)(F)F)C=C2C(=O)N1c1cncc2ccccc12. The maximum Gasteiger partial charge on any atom is 0.523 e. The van der Waals surface area contributed by atoms with E-state index in [1.165, 1.54) is 12.3 Å². The van der Waals surface area contributed by atoms with Crippen LogP contribution in [-0.4, -0.2) is 35.1 Å². The van der Waals surface area contributed by atoms with Gasteiger partial charge in [0.05, 0.1) is 23.2 Å². The van der Waals surface area contributed by atoms with Gasteiger partial charge in [0, 0.05) is 17.0 Å². The van der Waals surface area contributed by atoms with E-state index in [1.807, 2.05) is 0 Å². The number of ether oxygens (including phenoxy) is 1. The van der Waals surface area contributed by atoms with Crippen molar-refractivity contribution >= 4 is 34.1 Å². The summed E-state index contributed by atoms with van der Waals surface area (Å²) in [7, 11) is 0. The van der Waals surface area contributed by atoms with E-state index in [4.69, 9.17) is 0 Å². The standard InChI is InChI=1S/C18H10F3N3O3/c19-18(20,21)27-11-5-6-14-13(7-11)16(25)24(17(26)23-14)15-9-22-8-10-3-1-2-4-12(10)15/h1-9,11H. The molecule has 0 saturated heterocycles. The van der Waals surface area contributed by atoms with Crippen LogP contribution in [0.1, 0.15) is 0 Å². The molecule has 136 valence electrons. The lowest BCUT2D eigenvalue weighted by atomic mass is 9.98. The van der Waals surface area contributed by atoms with Gasteiger partial charge in [0.1, 0.15) is 6.10 Å².